The zero-order valence-electron chi connectivity index (χ0n) is 15.5. The molecule has 0 saturated carbocycles. The lowest BCUT2D eigenvalue weighted by atomic mass is 10.1. The fourth-order valence-electron chi connectivity index (χ4n) is 2.26. The molecule has 0 spiro atoms. The van der Waals surface area contributed by atoms with E-state index in [0.29, 0.717) is 11.1 Å². The zero-order chi connectivity index (χ0) is 19.9. The van der Waals surface area contributed by atoms with Gasteiger partial charge in [-0.25, -0.2) is 13.2 Å². The molecular formula is C21H24O5S. The molecule has 2 rings (SSSR count). The van der Waals surface area contributed by atoms with Crippen LogP contribution in [0.25, 0.3) is 6.08 Å². The van der Waals surface area contributed by atoms with Crippen LogP contribution in [0.2, 0.25) is 0 Å². The van der Waals surface area contributed by atoms with Crippen molar-refractivity contribution in [3.05, 3.63) is 77.4 Å². The zero-order valence-corrected chi connectivity index (χ0v) is 16.3. The van der Waals surface area contributed by atoms with Gasteiger partial charge in [-0.3, -0.25) is 0 Å². The second-order valence-corrected chi connectivity index (χ2v) is 9.43. The molecule has 5 nitrogen and oxygen atoms in total. The van der Waals surface area contributed by atoms with Gasteiger partial charge >= 0.3 is 5.97 Å². The summed E-state index contributed by atoms with van der Waals surface area (Å²) in [4.78, 5) is 11.9. The third kappa shape index (κ3) is 5.77. The first-order valence-corrected chi connectivity index (χ1v) is 10.2. The summed E-state index contributed by atoms with van der Waals surface area (Å²) in [5.74, 6) is -0.729. The Hall–Kier alpha value is -2.44. The number of aliphatic hydroxyl groups is 1. The van der Waals surface area contributed by atoms with Crippen molar-refractivity contribution < 1.29 is 23.1 Å². The lowest BCUT2D eigenvalue weighted by Gasteiger charge is -2.22. The molecule has 0 aromatic heterocycles. The number of aliphatic hydroxyl groups excluding tert-OH is 1. The Morgan fingerprint density at radius 3 is 2.37 bits per heavy atom. The van der Waals surface area contributed by atoms with Crippen LogP contribution in [0.4, 0.5) is 0 Å². The third-order valence-electron chi connectivity index (χ3n) is 4.25. The number of esters is 1. The number of carbonyl (C=O) groups is 1. The number of carbonyl (C=O) groups excluding carboxylic acids is 1. The molecule has 0 fully saturated rings. The van der Waals surface area contributed by atoms with Crippen LogP contribution in [-0.4, -0.2) is 30.8 Å². The maximum atomic E-state index is 12.5. The molecule has 0 unspecified atom stereocenters. The average molecular weight is 388 g/mol. The molecule has 27 heavy (non-hydrogen) atoms. The molecular weight excluding hydrogens is 364 g/mol. The summed E-state index contributed by atoms with van der Waals surface area (Å²) < 4.78 is 29.0. The summed E-state index contributed by atoms with van der Waals surface area (Å²) in [7, 11) is -3.57. The molecule has 0 aliphatic heterocycles. The van der Waals surface area contributed by atoms with Crippen molar-refractivity contribution in [3.63, 3.8) is 0 Å². The summed E-state index contributed by atoms with van der Waals surface area (Å²) in [6.07, 6.45) is 2.83. The molecule has 0 bridgehead atoms. The topological polar surface area (TPSA) is 80.7 Å². The molecule has 0 heterocycles. The van der Waals surface area contributed by atoms with E-state index in [0.717, 1.165) is 5.56 Å². The van der Waals surface area contributed by atoms with Crippen LogP contribution in [0, 0.1) is 0 Å². The van der Waals surface area contributed by atoms with Crippen LogP contribution in [0.3, 0.4) is 0 Å². The summed E-state index contributed by atoms with van der Waals surface area (Å²) in [6, 6.07) is 16.3. The van der Waals surface area contributed by atoms with E-state index in [2.05, 4.69) is 0 Å². The Morgan fingerprint density at radius 2 is 1.70 bits per heavy atom. The fourth-order valence-corrected chi connectivity index (χ4v) is 3.52. The Kier molecular flexibility index (Phi) is 6.93. The van der Waals surface area contributed by atoms with Gasteiger partial charge in [0.2, 0.25) is 0 Å². The van der Waals surface area contributed by atoms with Crippen molar-refractivity contribution in [2.24, 2.45) is 0 Å². The van der Waals surface area contributed by atoms with Crippen LogP contribution in [0.1, 0.15) is 30.5 Å². The number of hydrogen-bond acceptors (Lipinski definition) is 5. The number of hydrogen-bond donors (Lipinski definition) is 1. The molecule has 1 N–H and O–H groups in total. The minimum Gasteiger partial charge on any atom is -0.458 e. The van der Waals surface area contributed by atoms with E-state index in [1.807, 2.05) is 30.3 Å². The molecule has 0 aliphatic carbocycles. The standard InChI is InChI=1S/C21H24O5S/c1-21(2,16-22)27(24,25)15-19-11-7-6-10-18(19)12-13-20(23)26-14-17-8-4-3-5-9-17/h3-13,22H,14-16H2,1-2H3/b13-12+. The number of benzene rings is 2. The minimum absolute atomic E-state index is 0.171. The van der Waals surface area contributed by atoms with Gasteiger partial charge in [-0.1, -0.05) is 54.6 Å². The predicted octanol–water partition coefficient (Wildman–Crippen LogP) is 3.13. The number of sulfone groups is 1. The number of rotatable bonds is 8. The van der Waals surface area contributed by atoms with Gasteiger partial charge in [-0.05, 0) is 36.6 Å². The molecule has 0 amide bonds. The van der Waals surface area contributed by atoms with Crippen molar-refractivity contribution >= 4 is 21.9 Å². The van der Waals surface area contributed by atoms with Crippen molar-refractivity contribution in [2.75, 3.05) is 6.61 Å². The summed E-state index contributed by atoms with van der Waals surface area (Å²) >= 11 is 0. The van der Waals surface area contributed by atoms with E-state index in [1.165, 1.54) is 19.9 Å². The van der Waals surface area contributed by atoms with Gasteiger partial charge in [0.25, 0.3) is 0 Å². The Balaban J connectivity index is 2.09. The highest BCUT2D eigenvalue weighted by molar-refractivity contribution is 7.92. The fraction of sp³-hybridized carbons (Fsp3) is 0.286. The third-order valence-corrected chi connectivity index (χ3v) is 6.75. The lowest BCUT2D eigenvalue weighted by molar-refractivity contribution is -0.138. The first-order valence-electron chi connectivity index (χ1n) is 8.55. The van der Waals surface area contributed by atoms with E-state index >= 15 is 0 Å². The van der Waals surface area contributed by atoms with Crippen LogP contribution in [0.15, 0.2) is 60.7 Å². The van der Waals surface area contributed by atoms with Crippen LogP contribution in [-0.2, 0) is 31.7 Å². The van der Waals surface area contributed by atoms with Crippen LogP contribution < -0.4 is 0 Å². The lowest BCUT2D eigenvalue weighted by Crippen LogP contribution is -2.36. The smallest absolute Gasteiger partial charge is 0.331 e. The molecule has 2 aromatic rings. The van der Waals surface area contributed by atoms with E-state index in [1.54, 1.807) is 30.3 Å². The highest BCUT2D eigenvalue weighted by Gasteiger charge is 2.33. The van der Waals surface area contributed by atoms with E-state index in [4.69, 9.17) is 4.74 Å². The molecule has 0 aliphatic rings. The molecule has 0 saturated heterocycles. The van der Waals surface area contributed by atoms with Crippen molar-refractivity contribution in [2.45, 2.75) is 31.0 Å². The van der Waals surface area contributed by atoms with E-state index in [9.17, 15) is 18.3 Å². The monoisotopic (exact) mass is 388 g/mol. The molecule has 0 atom stereocenters. The summed E-state index contributed by atoms with van der Waals surface area (Å²) in [5.41, 5.74) is 2.06. The van der Waals surface area contributed by atoms with Gasteiger partial charge < -0.3 is 9.84 Å². The Labute approximate surface area is 160 Å². The van der Waals surface area contributed by atoms with E-state index in [-0.39, 0.29) is 12.4 Å². The first kappa shape index (κ1) is 20.9. The first-order chi connectivity index (χ1) is 12.7. The molecule has 0 radical (unpaired) electrons. The van der Waals surface area contributed by atoms with Gasteiger partial charge in [0.1, 0.15) is 6.61 Å². The second kappa shape index (κ2) is 8.97. The van der Waals surface area contributed by atoms with Crippen molar-refractivity contribution in [3.8, 4) is 0 Å². The predicted molar refractivity (Wildman–Crippen MR) is 106 cm³/mol. The second-order valence-electron chi connectivity index (χ2n) is 6.80. The average Bonchev–Trinajstić information content (AvgIpc) is 2.66. The maximum Gasteiger partial charge on any atom is 0.331 e. The van der Waals surface area contributed by atoms with Gasteiger partial charge in [0.15, 0.2) is 9.84 Å². The van der Waals surface area contributed by atoms with Gasteiger partial charge in [-0.15, -0.1) is 0 Å². The van der Waals surface area contributed by atoms with Crippen LogP contribution in [0.5, 0.6) is 0 Å². The summed E-state index contributed by atoms with van der Waals surface area (Å²) in [5, 5.41) is 9.35. The van der Waals surface area contributed by atoms with Gasteiger partial charge in [0.05, 0.1) is 17.1 Å². The van der Waals surface area contributed by atoms with Crippen molar-refractivity contribution in [1.82, 2.24) is 0 Å². The van der Waals surface area contributed by atoms with Gasteiger partial charge in [-0.2, -0.15) is 0 Å². The highest BCUT2D eigenvalue weighted by Crippen LogP contribution is 2.23. The largest absolute Gasteiger partial charge is 0.458 e. The number of ether oxygens (including phenoxy) is 1. The molecule has 144 valence electrons. The minimum atomic E-state index is -3.57. The van der Waals surface area contributed by atoms with Crippen LogP contribution >= 0.6 is 0 Å². The SMILES string of the molecule is CC(C)(CO)S(=O)(=O)Cc1ccccc1/C=C/C(=O)OCc1ccccc1. The normalized spacial score (nSPS) is 12.3. The van der Waals surface area contributed by atoms with E-state index < -0.39 is 27.2 Å². The molecule has 2 aromatic carbocycles. The van der Waals surface area contributed by atoms with Crippen molar-refractivity contribution in [1.29, 1.82) is 0 Å². The molecule has 6 heteroatoms. The highest BCUT2D eigenvalue weighted by atomic mass is 32.2. The quantitative estimate of drug-likeness (QED) is 0.555. The Morgan fingerprint density at radius 1 is 1.07 bits per heavy atom. The Bertz CT molecular complexity index is 899. The maximum absolute atomic E-state index is 12.5. The summed E-state index contributed by atoms with van der Waals surface area (Å²) in [6.45, 7) is 2.69. The van der Waals surface area contributed by atoms with Gasteiger partial charge in [0, 0.05) is 6.08 Å².